The molecular weight excluding hydrogens is 210 g/mol. The highest BCUT2D eigenvalue weighted by atomic mass is 16.5. The normalized spacial score (nSPS) is 10.9. The molecule has 0 unspecified atom stereocenters. The second-order valence-electron chi connectivity index (χ2n) is 4.13. The third-order valence-corrected chi connectivity index (χ3v) is 3.22. The van der Waals surface area contributed by atoms with Crippen LogP contribution in [0.3, 0.4) is 0 Å². The van der Waals surface area contributed by atoms with E-state index in [0.717, 1.165) is 16.5 Å². The van der Waals surface area contributed by atoms with Crippen molar-refractivity contribution in [2.75, 3.05) is 7.11 Å². The summed E-state index contributed by atoms with van der Waals surface area (Å²) in [5, 5.41) is 2.30. The van der Waals surface area contributed by atoms with E-state index in [4.69, 9.17) is 4.74 Å². The molecule has 3 rings (SSSR count). The van der Waals surface area contributed by atoms with Crippen molar-refractivity contribution in [2.45, 2.75) is 0 Å². The van der Waals surface area contributed by atoms with Crippen LogP contribution in [0.25, 0.3) is 21.8 Å². The number of aryl methyl sites for hydroxylation is 1. The molecule has 0 fully saturated rings. The largest absolute Gasteiger partial charge is 0.495 e. The van der Waals surface area contributed by atoms with Crippen LogP contribution in [0.4, 0.5) is 0 Å². The molecule has 0 N–H and O–H groups in total. The summed E-state index contributed by atoms with van der Waals surface area (Å²) in [7, 11) is 3.82. The molecule has 0 bridgehead atoms. The topological polar surface area (TPSA) is 13.1 Å². The fourth-order valence-corrected chi connectivity index (χ4v) is 2.41. The van der Waals surface area contributed by atoms with E-state index in [2.05, 4.69) is 48.0 Å². The Hall–Kier alpha value is -2.09. The van der Waals surface area contributed by atoms with Crippen molar-refractivity contribution >= 4 is 21.8 Å². The van der Waals surface area contributed by atoms with E-state index >= 15 is 0 Å². The number of ether oxygens (including phenoxy) is 1. The fourth-order valence-electron chi connectivity index (χ4n) is 2.41. The van der Waals surface area contributed by atoms with Gasteiger partial charge in [-0.1, -0.05) is 24.3 Å². The van der Waals surface area contributed by atoms with Crippen molar-refractivity contribution in [3.63, 3.8) is 0 Å². The maximum atomic E-state index is 5.58. The zero-order valence-corrected chi connectivity index (χ0v) is 9.97. The van der Waals surface area contributed by atoms with E-state index in [-0.39, 0.29) is 0 Å². The highest BCUT2D eigenvalue weighted by molar-refractivity contribution is 5.97. The first-order valence-corrected chi connectivity index (χ1v) is 5.66. The van der Waals surface area contributed by atoms with Crippen LogP contribution in [0.5, 0.6) is 5.75 Å². The minimum absolute atomic E-state index is 0.953. The van der Waals surface area contributed by atoms with Gasteiger partial charge in [0.05, 0.1) is 17.9 Å². The van der Waals surface area contributed by atoms with E-state index in [1.165, 1.54) is 11.0 Å². The zero-order chi connectivity index (χ0) is 11.8. The number of fused-ring (bicyclic) bond motifs is 2. The Morgan fingerprint density at radius 2 is 1.29 bits per heavy atom. The number of hydrogen-bond acceptors (Lipinski definition) is 1. The molecule has 0 saturated carbocycles. The van der Waals surface area contributed by atoms with E-state index in [9.17, 15) is 0 Å². The molecule has 0 spiro atoms. The van der Waals surface area contributed by atoms with Gasteiger partial charge in [-0.2, -0.15) is 4.57 Å². The van der Waals surface area contributed by atoms with Crippen molar-refractivity contribution in [2.24, 2.45) is 7.05 Å². The molecule has 0 amide bonds. The van der Waals surface area contributed by atoms with Crippen LogP contribution in [0.2, 0.25) is 0 Å². The summed E-state index contributed by atoms with van der Waals surface area (Å²) < 4.78 is 7.78. The zero-order valence-electron chi connectivity index (χ0n) is 9.97. The third kappa shape index (κ3) is 1.37. The molecule has 1 aromatic heterocycles. The van der Waals surface area contributed by atoms with Gasteiger partial charge < -0.3 is 4.74 Å². The van der Waals surface area contributed by atoms with E-state index in [1.54, 1.807) is 7.11 Å². The maximum Gasteiger partial charge on any atom is 0.216 e. The van der Waals surface area contributed by atoms with Crippen molar-refractivity contribution < 1.29 is 9.30 Å². The summed E-state index contributed by atoms with van der Waals surface area (Å²) in [6.07, 6.45) is 0. The minimum atomic E-state index is 0.953. The molecule has 0 aliphatic carbocycles. The average Bonchev–Trinajstić information content (AvgIpc) is 2.40. The van der Waals surface area contributed by atoms with Gasteiger partial charge in [-0.3, -0.25) is 0 Å². The highest BCUT2D eigenvalue weighted by Gasteiger charge is 2.16. The molecule has 2 aromatic carbocycles. The molecule has 84 valence electrons. The Bertz CT molecular complexity index is 647. The minimum Gasteiger partial charge on any atom is -0.495 e. The molecule has 0 aliphatic heterocycles. The van der Waals surface area contributed by atoms with E-state index in [0.29, 0.717) is 0 Å². The van der Waals surface area contributed by atoms with Gasteiger partial charge in [-0.25, -0.2) is 0 Å². The Balaban J connectivity index is 2.63. The molecule has 3 aromatic rings. The standard InChI is InChI=1S/C15H14NO/c1-16-13-9-5-3-7-11(13)15(17-2)12-8-4-6-10-14(12)16/h3-10H,1-2H3/q+1. The predicted octanol–water partition coefficient (Wildman–Crippen LogP) is 2.83. The van der Waals surface area contributed by atoms with Crippen LogP contribution in [0.15, 0.2) is 48.5 Å². The van der Waals surface area contributed by atoms with Crippen LogP contribution in [0, 0.1) is 0 Å². The molecular formula is C15H14NO+. The van der Waals surface area contributed by atoms with Gasteiger partial charge in [0.2, 0.25) is 11.0 Å². The van der Waals surface area contributed by atoms with E-state index < -0.39 is 0 Å². The lowest BCUT2D eigenvalue weighted by Crippen LogP contribution is -2.30. The van der Waals surface area contributed by atoms with Crippen molar-refractivity contribution in [3.8, 4) is 5.75 Å². The highest BCUT2D eigenvalue weighted by Crippen LogP contribution is 2.30. The van der Waals surface area contributed by atoms with Gasteiger partial charge in [-0.15, -0.1) is 0 Å². The molecule has 0 radical (unpaired) electrons. The lowest BCUT2D eigenvalue weighted by atomic mass is 10.1. The summed E-state index contributed by atoms with van der Waals surface area (Å²) in [6.45, 7) is 0. The summed E-state index contributed by atoms with van der Waals surface area (Å²) in [6, 6.07) is 16.6. The number of pyridine rings is 1. The van der Waals surface area contributed by atoms with Crippen LogP contribution >= 0.6 is 0 Å². The van der Waals surface area contributed by atoms with Gasteiger partial charge in [0.1, 0.15) is 12.8 Å². The van der Waals surface area contributed by atoms with Crippen molar-refractivity contribution in [1.82, 2.24) is 0 Å². The Kier molecular flexibility index (Phi) is 2.22. The Morgan fingerprint density at radius 3 is 1.76 bits per heavy atom. The molecule has 1 heterocycles. The van der Waals surface area contributed by atoms with Gasteiger partial charge in [-0.05, 0) is 12.1 Å². The quantitative estimate of drug-likeness (QED) is 0.457. The van der Waals surface area contributed by atoms with Crippen molar-refractivity contribution in [3.05, 3.63) is 48.5 Å². The monoisotopic (exact) mass is 224 g/mol. The summed E-state index contributed by atoms with van der Waals surface area (Å²) >= 11 is 0. The van der Waals surface area contributed by atoms with Crippen molar-refractivity contribution in [1.29, 1.82) is 0 Å². The number of aromatic nitrogens is 1. The first-order valence-electron chi connectivity index (χ1n) is 5.66. The average molecular weight is 224 g/mol. The van der Waals surface area contributed by atoms with Crippen LogP contribution < -0.4 is 9.30 Å². The van der Waals surface area contributed by atoms with Crippen LogP contribution in [-0.2, 0) is 7.05 Å². The molecule has 0 saturated heterocycles. The smallest absolute Gasteiger partial charge is 0.216 e. The van der Waals surface area contributed by atoms with Gasteiger partial charge >= 0.3 is 0 Å². The third-order valence-electron chi connectivity index (χ3n) is 3.22. The first kappa shape index (κ1) is 10.1. The first-order chi connectivity index (χ1) is 8.33. The van der Waals surface area contributed by atoms with Gasteiger partial charge in [0.25, 0.3) is 0 Å². The second-order valence-corrected chi connectivity index (χ2v) is 4.13. The molecule has 17 heavy (non-hydrogen) atoms. The fraction of sp³-hybridized carbons (Fsp3) is 0.133. The molecule has 2 nitrogen and oxygen atoms in total. The van der Waals surface area contributed by atoms with Gasteiger partial charge in [0.15, 0.2) is 0 Å². The summed E-state index contributed by atoms with van der Waals surface area (Å²) in [5.41, 5.74) is 2.37. The Morgan fingerprint density at radius 1 is 0.824 bits per heavy atom. The molecule has 0 aliphatic rings. The number of nitrogens with zero attached hydrogens (tertiary/aromatic N) is 1. The maximum absolute atomic E-state index is 5.58. The molecule has 0 atom stereocenters. The number of para-hydroxylation sites is 2. The predicted molar refractivity (Wildman–Crippen MR) is 69.2 cm³/mol. The summed E-state index contributed by atoms with van der Waals surface area (Å²) in [5.74, 6) is 0.953. The van der Waals surface area contributed by atoms with E-state index in [1.807, 2.05) is 12.1 Å². The van der Waals surface area contributed by atoms with Crippen LogP contribution in [-0.4, -0.2) is 7.11 Å². The summed E-state index contributed by atoms with van der Waals surface area (Å²) in [4.78, 5) is 0. The Labute approximate surface area is 100 Å². The SMILES string of the molecule is COc1c2ccccc2[n+](C)c2ccccc12. The molecule has 2 heteroatoms. The van der Waals surface area contributed by atoms with Crippen LogP contribution in [0.1, 0.15) is 0 Å². The second kappa shape index (κ2) is 3.74. The number of rotatable bonds is 1. The number of hydrogen-bond donors (Lipinski definition) is 0. The lowest BCUT2D eigenvalue weighted by Gasteiger charge is -2.08. The number of methoxy groups -OCH3 is 1. The lowest BCUT2D eigenvalue weighted by molar-refractivity contribution is -0.617. The number of benzene rings is 2. The van der Waals surface area contributed by atoms with Gasteiger partial charge in [0, 0.05) is 12.1 Å².